The van der Waals surface area contributed by atoms with Crippen LogP contribution in [-0.4, -0.2) is 24.1 Å². The van der Waals surface area contributed by atoms with Crippen molar-refractivity contribution in [2.45, 2.75) is 12.8 Å². The van der Waals surface area contributed by atoms with E-state index in [9.17, 15) is 9.18 Å². The number of nitrogens with zero attached hydrogens (tertiary/aromatic N) is 1. The molecule has 1 saturated heterocycles. The highest BCUT2D eigenvalue weighted by Crippen LogP contribution is 2.09. The van der Waals surface area contributed by atoms with Crippen molar-refractivity contribution in [2.75, 3.05) is 13.2 Å². The zero-order valence-corrected chi connectivity index (χ0v) is 8.28. The molecule has 0 radical (unpaired) electrons. The van der Waals surface area contributed by atoms with Crippen LogP contribution in [0.25, 0.3) is 0 Å². The molecule has 15 heavy (non-hydrogen) atoms. The lowest BCUT2D eigenvalue weighted by Crippen LogP contribution is -2.27. The van der Waals surface area contributed by atoms with Gasteiger partial charge in [0.2, 0.25) is 0 Å². The van der Waals surface area contributed by atoms with E-state index in [0.717, 1.165) is 6.42 Å². The number of hydroxylamine groups is 2. The fourth-order valence-electron chi connectivity index (χ4n) is 1.55. The van der Waals surface area contributed by atoms with Crippen molar-refractivity contribution in [1.82, 2.24) is 5.06 Å². The molecule has 0 N–H and O–H groups in total. The van der Waals surface area contributed by atoms with Gasteiger partial charge in [0.25, 0.3) is 5.91 Å². The number of carbonyl (C=O) groups excluding carboxylic acids is 1. The molecule has 0 atom stereocenters. The van der Waals surface area contributed by atoms with E-state index in [-0.39, 0.29) is 18.1 Å². The van der Waals surface area contributed by atoms with Gasteiger partial charge >= 0.3 is 0 Å². The average molecular weight is 209 g/mol. The first-order chi connectivity index (χ1) is 7.25. The van der Waals surface area contributed by atoms with Crippen molar-refractivity contribution < 1.29 is 14.0 Å². The second kappa shape index (κ2) is 4.40. The van der Waals surface area contributed by atoms with Crippen LogP contribution in [0.3, 0.4) is 0 Å². The van der Waals surface area contributed by atoms with E-state index >= 15 is 0 Å². The van der Waals surface area contributed by atoms with Crippen molar-refractivity contribution in [3.63, 3.8) is 0 Å². The van der Waals surface area contributed by atoms with Crippen molar-refractivity contribution in [2.24, 2.45) is 0 Å². The Morgan fingerprint density at radius 1 is 1.53 bits per heavy atom. The normalized spacial score (nSPS) is 15.7. The summed E-state index contributed by atoms with van der Waals surface area (Å²) in [6.45, 7) is 1.23. The molecule has 0 saturated carbocycles. The van der Waals surface area contributed by atoms with Crippen LogP contribution in [0.2, 0.25) is 0 Å². The van der Waals surface area contributed by atoms with Crippen molar-refractivity contribution in [3.05, 3.63) is 35.6 Å². The average Bonchev–Trinajstić information content (AvgIpc) is 2.70. The number of amides is 1. The summed E-state index contributed by atoms with van der Waals surface area (Å²) >= 11 is 0. The predicted molar refractivity (Wildman–Crippen MR) is 52.4 cm³/mol. The summed E-state index contributed by atoms with van der Waals surface area (Å²) in [5, 5.41) is 1.35. The molecule has 0 unspecified atom stereocenters. The van der Waals surface area contributed by atoms with Gasteiger partial charge in [-0.25, -0.2) is 9.45 Å². The van der Waals surface area contributed by atoms with E-state index in [4.69, 9.17) is 4.84 Å². The van der Waals surface area contributed by atoms with Gasteiger partial charge in [0, 0.05) is 0 Å². The first kappa shape index (κ1) is 10.1. The maximum absolute atomic E-state index is 12.8. The number of carbonyl (C=O) groups is 1. The van der Waals surface area contributed by atoms with Gasteiger partial charge < -0.3 is 0 Å². The lowest BCUT2D eigenvalue weighted by atomic mass is 10.1. The third-order valence-corrected chi connectivity index (χ3v) is 2.28. The third kappa shape index (κ3) is 2.53. The number of halogens is 1. The Morgan fingerprint density at radius 2 is 2.40 bits per heavy atom. The number of rotatable bonds is 2. The molecule has 4 heteroatoms. The Balaban J connectivity index is 1.99. The van der Waals surface area contributed by atoms with Crippen molar-refractivity contribution in [1.29, 1.82) is 0 Å². The molecule has 0 aromatic heterocycles. The molecular weight excluding hydrogens is 197 g/mol. The van der Waals surface area contributed by atoms with Crippen LogP contribution >= 0.6 is 0 Å². The first-order valence-electron chi connectivity index (χ1n) is 4.93. The minimum Gasteiger partial charge on any atom is -0.272 e. The summed E-state index contributed by atoms with van der Waals surface area (Å²) in [7, 11) is 0. The standard InChI is InChI=1S/C11H12FNO2/c12-10-4-1-3-9(7-10)8-11(14)13-5-2-6-15-13/h1,3-4,7H,2,5-6,8H2. The fraction of sp³-hybridized carbons (Fsp3) is 0.364. The number of hydrogen-bond donors (Lipinski definition) is 0. The van der Waals surface area contributed by atoms with Crippen LogP contribution < -0.4 is 0 Å². The third-order valence-electron chi connectivity index (χ3n) is 2.28. The molecule has 1 aliphatic heterocycles. The van der Waals surface area contributed by atoms with Gasteiger partial charge in [0.05, 0.1) is 19.6 Å². The van der Waals surface area contributed by atoms with E-state index in [1.54, 1.807) is 12.1 Å². The second-order valence-corrected chi connectivity index (χ2v) is 3.49. The van der Waals surface area contributed by atoms with Gasteiger partial charge in [-0.1, -0.05) is 12.1 Å². The topological polar surface area (TPSA) is 29.5 Å². The van der Waals surface area contributed by atoms with Gasteiger partial charge in [-0.15, -0.1) is 0 Å². The van der Waals surface area contributed by atoms with Crippen LogP contribution in [0, 0.1) is 5.82 Å². The summed E-state index contributed by atoms with van der Waals surface area (Å²) < 4.78 is 12.8. The monoisotopic (exact) mass is 209 g/mol. The Bertz CT molecular complexity index is 361. The van der Waals surface area contributed by atoms with Gasteiger partial charge in [0.15, 0.2) is 0 Å². The maximum Gasteiger partial charge on any atom is 0.250 e. The van der Waals surface area contributed by atoms with Crippen LogP contribution in [0.4, 0.5) is 4.39 Å². The summed E-state index contributed by atoms with van der Waals surface area (Å²) in [5.74, 6) is -0.430. The molecular formula is C11H12FNO2. The van der Waals surface area contributed by atoms with Crippen LogP contribution in [0.5, 0.6) is 0 Å². The summed E-state index contributed by atoms with van der Waals surface area (Å²) in [5.41, 5.74) is 0.676. The molecule has 3 nitrogen and oxygen atoms in total. The fourth-order valence-corrected chi connectivity index (χ4v) is 1.55. The first-order valence-corrected chi connectivity index (χ1v) is 4.93. The zero-order chi connectivity index (χ0) is 10.7. The van der Waals surface area contributed by atoms with Crippen LogP contribution in [-0.2, 0) is 16.1 Å². The van der Waals surface area contributed by atoms with Crippen LogP contribution in [0.15, 0.2) is 24.3 Å². The molecule has 1 heterocycles. The van der Waals surface area contributed by atoms with E-state index in [1.807, 2.05) is 0 Å². The van der Waals surface area contributed by atoms with E-state index in [2.05, 4.69) is 0 Å². The predicted octanol–water partition coefficient (Wildman–Crippen LogP) is 1.53. The molecule has 1 amide bonds. The van der Waals surface area contributed by atoms with Gasteiger partial charge in [-0.2, -0.15) is 0 Å². The maximum atomic E-state index is 12.8. The van der Waals surface area contributed by atoms with Gasteiger partial charge in [-0.05, 0) is 24.1 Å². The molecule has 2 rings (SSSR count). The van der Waals surface area contributed by atoms with Gasteiger partial charge in [-0.3, -0.25) is 9.63 Å². The highest BCUT2D eigenvalue weighted by atomic mass is 19.1. The van der Waals surface area contributed by atoms with E-state index in [1.165, 1.54) is 17.2 Å². The minimum absolute atomic E-state index is 0.113. The molecule has 80 valence electrons. The number of hydrogen-bond acceptors (Lipinski definition) is 2. The second-order valence-electron chi connectivity index (χ2n) is 3.49. The van der Waals surface area contributed by atoms with Crippen molar-refractivity contribution >= 4 is 5.91 Å². The number of benzene rings is 1. The molecule has 0 spiro atoms. The van der Waals surface area contributed by atoms with E-state index in [0.29, 0.717) is 18.7 Å². The van der Waals surface area contributed by atoms with Gasteiger partial charge in [0.1, 0.15) is 5.82 Å². The zero-order valence-electron chi connectivity index (χ0n) is 8.28. The quantitative estimate of drug-likeness (QED) is 0.739. The molecule has 1 aromatic carbocycles. The molecule has 1 aliphatic rings. The van der Waals surface area contributed by atoms with Crippen molar-refractivity contribution in [3.8, 4) is 0 Å². The SMILES string of the molecule is O=C(Cc1cccc(F)c1)N1CCCO1. The minimum atomic E-state index is -0.317. The molecule has 1 aromatic rings. The highest BCUT2D eigenvalue weighted by molar-refractivity contribution is 5.77. The summed E-state index contributed by atoms with van der Waals surface area (Å²) in [6.07, 6.45) is 1.06. The lowest BCUT2D eigenvalue weighted by molar-refractivity contribution is -0.167. The molecule has 0 aliphatic carbocycles. The van der Waals surface area contributed by atoms with E-state index < -0.39 is 0 Å². The highest BCUT2D eigenvalue weighted by Gasteiger charge is 2.19. The Morgan fingerprint density at radius 3 is 3.07 bits per heavy atom. The smallest absolute Gasteiger partial charge is 0.250 e. The van der Waals surface area contributed by atoms with Crippen LogP contribution in [0.1, 0.15) is 12.0 Å². The Hall–Kier alpha value is -1.42. The summed E-state index contributed by atoms with van der Waals surface area (Å²) in [4.78, 5) is 16.7. The Labute approximate surface area is 87.4 Å². The molecule has 0 bridgehead atoms. The summed E-state index contributed by atoms with van der Waals surface area (Å²) in [6, 6.07) is 6.06. The molecule has 1 fully saturated rings. The largest absolute Gasteiger partial charge is 0.272 e. The lowest BCUT2D eigenvalue weighted by Gasteiger charge is -2.13. The Kier molecular flexibility index (Phi) is 2.97.